The third-order valence-corrected chi connectivity index (χ3v) is 5.88. The van der Waals surface area contributed by atoms with Crippen molar-refractivity contribution in [1.82, 2.24) is 15.3 Å². The highest BCUT2D eigenvalue weighted by Gasteiger charge is 2.24. The Kier molecular flexibility index (Phi) is 5.23. The Bertz CT molecular complexity index is 1300. The molecule has 7 nitrogen and oxygen atoms in total. The highest BCUT2D eigenvalue weighted by Crippen LogP contribution is 2.42. The summed E-state index contributed by atoms with van der Waals surface area (Å²) in [5.41, 5.74) is 15.0. The number of hydrogen-bond acceptors (Lipinski definition) is 7. The fourth-order valence-electron chi connectivity index (χ4n) is 3.12. The van der Waals surface area contributed by atoms with Crippen molar-refractivity contribution in [2.45, 2.75) is 6.54 Å². The fourth-order valence-corrected chi connectivity index (χ4v) is 4.28. The number of fused-ring (bicyclic) bond motifs is 1. The van der Waals surface area contributed by atoms with Crippen LogP contribution in [0.3, 0.4) is 0 Å². The Morgan fingerprint density at radius 2 is 2.00 bits per heavy atom. The van der Waals surface area contributed by atoms with Crippen LogP contribution >= 0.6 is 22.9 Å². The minimum atomic E-state index is -0.335. The minimum absolute atomic E-state index is 0.0820. The third kappa shape index (κ3) is 3.52. The number of anilines is 2. The molecule has 9 heteroatoms. The number of hydrogen-bond donors (Lipinski definition) is 3. The molecule has 0 unspecified atom stereocenters. The maximum atomic E-state index is 12.8. The molecule has 148 valence electrons. The maximum Gasteiger partial charge on any atom is 0.263 e. The summed E-state index contributed by atoms with van der Waals surface area (Å²) in [7, 11) is 0. The summed E-state index contributed by atoms with van der Waals surface area (Å²) >= 11 is 7.14. The van der Waals surface area contributed by atoms with E-state index in [1.807, 2.05) is 6.07 Å². The minimum Gasteiger partial charge on any atom is -0.397 e. The second-order valence-corrected chi connectivity index (χ2v) is 7.87. The van der Waals surface area contributed by atoms with Gasteiger partial charge in [0.2, 0.25) is 0 Å². The Morgan fingerprint density at radius 3 is 2.67 bits per heavy atom. The van der Waals surface area contributed by atoms with Crippen LogP contribution in [-0.2, 0) is 6.54 Å². The normalized spacial score (nSPS) is 10.7. The van der Waals surface area contributed by atoms with Gasteiger partial charge < -0.3 is 16.8 Å². The van der Waals surface area contributed by atoms with Gasteiger partial charge in [0.05, 0.1) is 5.69 Å². The van der Waals surface area contributed by atoms with E-state index in [-0.39, 0.29) is 23.0 Å². The van der Waals surface area contributed by atoms with E-state index in [0.717, 1.165) is 16.9 Å². The standard InChI is InChI=1S/C21H15ClN6OS/c22-13-5-3-12(4-6-13)15-14(8-23)19(25)28-21-16(15)17(24)18(30-21)20(29)27-10-11-2-1-7-26-9-11/h1-7,9H,10,24H2,(H2,25,28)(H,27,29). The van der Waals surface area contributed by atoms with Crippen LogP contribution in [0.5, 0.6) is 0 Å². The van der Waals surface area contributed by atoms with Crippen molar-refractivity contribution in [3.05, 3.63) is 69.8 Å². The van der Waals surface area contributed by atoms with Crippen molar-refractivity contribution in [2.75, 3.05) is 11.5 Å². The van der Waals surface area contributed by atoms with Gasteiger partial charge in [-0.1, -0.05) is 29.8 Å². The molecule has 3 aromatic heterocycles. The smallest absolute Gasteiger partial charge is 0.263 e. The molecule has 0 fully saturated rings. The van der Waals surface area contributed by atoms with Gasteiger partial charge in [-0.2, -0.15) is 5.26 Å². The number of nitrogen functional groups attached to an aromatic ring is 2. The zero-order valence-corrected chi connectivity index (χ0v) is 17.1. The van der Waals surface area contributed by atoms with Crippen molar-refractivity contribution in [2.24, 2.45) is 0 Å². The van der Waals surface area contributed by atoms with Crippen LogP contribution in [0.4, 0.5) is 11.5 Å². The van der Waals surface area contributed by atoms with E-state index in [9.17, 15) is 10.1 Å². The molecule has 4 rings (SSSR count). The molecule has 5 N–H and O–H groups in total. The van der Waals surface area contributed by atoms with E-state index in [0.29, 0.717) is 37.8 Å². The molecule has 1 amide bonds. The summed E-state index contributed by atoms with van der Waals surface area (Å²) in [6.07, 6.45) is 3.34. The van der Waals surface area contributed by atoms with Crippen LogP contribution < -0.4 is 16.8 Å². The van der Waals surface area contributed by atoms with E-state index in [4.69, 9.17) is 23.1 Å². The van der Waals surface area contributed by atoms with Crippen molar-refractivity contribution in [3.63, 3.8) is 0 Å². The Hall–Kier alpha value is -3.67. The number of nitrogens with two attached hydrogens (primary N) is 2. The number of aromatic nitrogens is 2. The summed E-state index contributed by atoms with van der Waals surface area (Å²) in [6.45, 7) is 0.309. The van der Waals surface area contributed by atoms with Gasteiger partial charge in [-0.15, -0.1) is 11.3 Å². The highest BCUT2D eigenvalue weighted by molar-refractivity contribution is 7.21. The Morgan fingerprint density at radius 1 is 1.23 bits per heavy atom. The van der Waals surface area contributed by atoms with Crippen LogP contribution in [-0.4, -0.2) is 15.9 Å². The first-order valence-corrected chi connectivity index (χ1v) is 10.0. The number of halogens is 1. The molecule has 0 atom stereocenters. The average molecular weight is 435 g/mol. The molecule has 4 aromatic rings. The first kappa shape index (κ1) is 19.6. The molecule has 30 heavy (non-hydrogen) atoms. The van der Waals surface area contributed by atoms with E-state index in [1.54, 1.807) is 42.7 Å². The van der Waals surface area contributed by atoms with Gasteiger partial charge in [0.25, 0.3) is 5.91 Å². The second-order valence-electron chi connectivity index (χ2n) is 6.43. The lowest BCUT2D eigenvalue weighted by atomic mass is 9.97. The van der Waals surface area contributed by atoms with Crippen molar-refractivity contribution < 1.29 is 4.79 Å². The van der Waals surface area contributed by atoms with Crippen LogP contribution in [0.25, 0.3) is 21.3 Å². The molecule has 1 aromatic carbocycles. The number of thiophene rings is 1. The summed E-state index contributed by atoms with van der Waals surface area (Å²) in [6, 6.07) is 12.7. The van der Waals surface area contributed by atoms with Crippen LogP contribution in [0.15, 0.2) is 48.8 Å². The van der Waals surface area contributed by atoms with Crippen molar-refractivity contribution in [3.8, 4) is 17.2 Å². The number of rotatable bonds is 4. The average Bonchev–Trinajstić information content (AvgIpc) is 3.08. The number of benzene rings is 1. The van der Waals surface area contributed by atoms with Gasteiger partial charge in [-0.3, -0.25) is 9.78 Å². The molecule has 3 heterocycles. The molecule has 0 aliphatic rings. The lowest BCUT2D eigenvalue weighted by molar-refractivity contribution is 0.0956. The molecule has 0 saturated heterocycles. The zero-order chi connectivity index (χ0) is 21.3. The maximum absolute atomic E-state index is 12.8. The zero-order valence-electron chi connectivity index (χ0n) is 15.5. The van der Waals surface area contributed by atoms with E-state index in [1.165, 1.54) is 0 Å². The summed E-state index contributed by atoms with van der Waals surface area (Å²) < 4.78 is 0. The summed E-state index contributed by atoms with van der Waals surface area (Å²) in [5, 5.41) is 13.6. The number of carbonyl (C=O) groups excluding carboxylic acids is 1. The predicted octanol–water partition coefficient (Wildman–Crippen LogP) is 3.98. The quantitative estimate of drug-likeness (QED) is 0.445. The number of nitrogens with zero attached hydrogens (tertiary/aromatic N) is 3. The number of nitriles is 1. The molecular formula is C21H15ClN6OS. The van der Waals surface area contributed by atoms with Crippen LogP contribution in [0.1, 0.15) is 20.8 Å². The number of nitrogens with one attached hydrogen (secondary N) is 1. The van der Waals surface area contributed by atoms with Crippen LogP contribution in [0, 0.1) is 11.3 Å². The van der Waals surface area contributed by atoms with Crippen molar-refractivity contribution in [1.29, 1.82) is 5.26 Å². The van der Waals surface area contributed by atoms with Gasteiger partial charge in [0, 0.05) is 34.9 Å². The molecule has 0 saturated carbocycles. The number of amides is 1. The highest BCUT2D eigenvalue weighted by atomic mass is 35.5. The number of pyridine rings is 2. The Labute approximate surface area is 180 Å². The molecule has 0 radical (unpaired) electrons. The largest absolute Gasteiger partial charge is 0.397 e. The monoisotopic (exact) mass is 434 g/mol. The summed E-state index contributed by atoms with van der Waals surface area (Å²) in [4.78, 5) is 21.9. The van der Waals surface area contributed by atoms with Crippen LogP contribution in [0.2, 0.25) is 5.02 Å². The number of carbonyl (C=O) groups is 1. The Balaban J connectivity index is 1.82. The van der Waals surface area contributed by atoms with E-state index in [2.05, 4.69) is 21.4 Å². The lowest BCUT2D eigenvalue weighted by Crippen LogP contribution is -2.22. The topological polar surface area (TPSA) is 131 Å². The van der Waals surface area contributed by atoms with Gasteiger partial charge in [-0.25, -0.2) is 4.98 Å². The first-order chi connectivity index (χ1) is 14.5. The molecule has 0 bridgehead atoms. The first-order valence-electron chi connectivity index (χ1n) is 8.84. The van der Waals surface area contributed by atoms with Gasteiger partial charge in [0.15, 0.2) is 0 Å². The van der Waals surface area contributed by atoms with Gasteiger partial charge >= 0.3 is 0 Å². The van der Waals surface area contributed by atoms with E-state index < -0.39 is 0 Å². The molecule has 0 aliphatic carbocycles. The SMILES string of the molecule is N#Cc1c(N)nc2sc(C(=O)NCc3cccnc3)c(N)c2c1-c1ccc(Cl)cc1. The van der Waals surface area contributed by atoms with Gasteiger partial charge in [-0.05, 0) is 29.3 Å². The summed E-state index contributed by atoms with van der Waals surface area (Å²) in [5.74, 6) is -0.253. The second kappa shape index (κ2) is 7.99. The van der Waals surface area contributed by atoms with Crippen molar-refractivity contribution >= 4 is 50.6 Å². The molecule has 0 aliphatic heterocycles. The molecule has 0 spiro atoms. The third-order valence-electron chi connectivity index (χ3n) is 4.53. The van der Waals surface area contributed by atoms with E-state index >= 15 is 0 Å². The predicted molar refractivity (Wildman–Crippen MR) is 119 cm³/mol. The molecular weight excluding hydrogens is 420 g/mol. The van der Waals surface area contributed by atoms with Gasteiger partial charge in [0.1, 0.15) is 27.2 Å². The fraction of sp³-hybridized carbons (Fsp3) is 0.0476. The lowest BCUT2D eigenvalue weighted by Gasteiger charge is -2.10.